The summed E-state index contributed by atoms with van der Waals surface area (Å²) in [5, 5.41) is 20.3. The van der Waals surface area contributed by atoms with Gasteiger partial charge in [0.15, 0.2) is 0 Å². The highest BCUT2D eigenvalue weighted by Gasteiger charge is 2.11. The molecule has 0 saturated heterocycles. The van der Waals surface area contributed by atoms with Gasteiger partial charge in [0.25, 0.3) is 5.69 Å². The average molecular weight is 291 g/mol. The maximum absolute atomic E-state index is 10.9. The number of non-ortho nitro benzene ring substituents is 1. The molecule has 0 spiro atoms. The highest BCUT2D eigenvalue weighted by molar-refractivity contribution is 7.99. The fourth-order valence-corrected chi connectivity index (χ4v) is 2.61. The number of nitro benzene ring substituents is 1. The summed E-state index contributed by atoms with van der Waals surface area (Å²) in [5.74, 6) is 0.620. The maximum Gasteiger partial charge on any atom is 0.274 e. The van der Waals surface area contributed by atoms with Crippen LogP contribution in [0.1, 0.15) is 6.92 Å². The molecule has 0 saturated carbocycles. The van der Waals surface area contributed by atoms with Crippen LogP contribution < -0.4 is 4.74 Å². The molecule has 2 aromatic carbocycles. The molecule has 104 valence electrons. The molecule has 2 rings (SSSR count). The van der Waals surface area contributed by atoms with E-state index >= 15 is 0 Å². The van der Waals surface area contributed by atoms with Crippen LogP contribution in [0.5, 0.6) is 11.5 Å². The standard InChI is InChI=1S/C14H13NO4S/c1-2-19-12-6-10(15(17)18)7-14(9-12)20-13-5-3-4-11(16)8-13/h3-9,16H,2H2,1H3. The predicted octanol–water partition coefficient (Wildman–Crippen LogP) is 3.85. The van der Waals surface area contributed by atoms with Gasteiger partial charge in [0, 0.05) is 15.9 Å². The Morgan fingerprint density at radius 2 is 2.05 bits per heavy atom. The van der Waals surface area contributed by atoms with E-state index in [0.717, 1.165) is 4.90 Å². The third kappa shape index (κ3) is 3.64. The monoisotopic (exact) mass is 291 g/mol. The van der Waals surface area contributed by atoms with Gasteiger partial charge in [0.05, 0.1) is 17.6 Å². The van der Waals surface area contributed by atoms with E-state index in [1.54, 1.807) is 24.3 Å². The molecule has 0 heterocycles. The minimum absolute atomic E-state index is 0.0152. The Morgan fingerprint density at radius 1 is 1.25 bits per heavy atom. The molecular weight excluding hydrogens is 278 g/mol. The molecule has 1 N–H and O–H groups in total. The number of benzene rings is 2. The molecular formula is C14H13NO4S. The minimum Gasteiger partial charge on any atom is -0.508 e. The van der Waals surface area contributed by atoms with Crippen molar-refractivity contribution in [2.45, 2.75) is 16.7 Å². The third-order valence-electron chi connectivity index (χ3n) is 2.44. The van der Waals surface area contributed by atoms with Crippen LogP contribution in [0.25, 0.3) is 0 Å². The Labute approximate surface area is 120 Å². The van der Waals surface area contributed by atoms with Crippen molar-refractivity contribution in [3.63, 3.8) is 0 Å². The Kier molecular flexibility index (Phi) is 4.47. The van der Waals surface area contributed by atoms with Crippen molar-refractivity contribution < 1.29 is 14.8 Å². The van der Waals surface area contributed by atoms with Crippen molar-refractivity contribution in [2.24, 2.45) is 0 Å². The van der Waals surface area contributed by atoms with E-state index in [4.69, 9.17) is 4.74 Å². The van der Waals surface area contributed by atoms with Gasteiger partial charge < -0.3 is 9.84 Å². The molecule has 0 amide bonds. The molecule has 0 aliphatic carbocycles. The molecule has 0 unspecified atom stereocenters. The predicted molar refractivity (Wildman–Crippen MR) is 76.5 cm³/mol. The molecule has 0 fully saturated rings. The Bertz CT molecular complexity index is 630. The van der Waals surface area contributed by atoms with Gasteiger partial charge >= 0.3 is 0 Å². The summed E-state index contributed by atoms with van der Waals surface area (Å²) in [6.07, 6.45) is 0. The van der Waals surface area contributed by atoms with Crippen LogP contribution in [-0.2, 0) is 0 Å². The second kappa shape index (κ2) is 6.29. The van der Waals surface area contributed by atoms with Gasteiger partial charge in [-0.2, -0.15) is 0 Å². The number of hydrogen-bond donors (Lipinski definition) is 1. The summed E-state index contributed by atoms with van der Waals surface area (Å²) in [5.41, 5.74) is -0.0152. The first-order valence-corrected chi connectivity index (χ1v) is 6.79. The average Bonchev–Trinajstić information content (AvgIpc) is 2.38. The molecule has 0 bridgehead atoms. The molecule has 0 aromatic heterocycles. The van der Waals surface area contributed by atoms with Gasteiger partial charge in [-0.05, 0) is 31.2 Å². The van der Waals surface area contributed by atoms with Crippen LogP contribution in [-0.4, -0.2) is 16.6 Å². The zero-order valence-electron chi connectivity index (χ0n) is 10.8. The Hall–Kier alpha value is -2.21. The highest BCUT2D eigenvalue weighted by Crippen LogP contribution is 2.34. The molecule has 6 heteroatoms. The van der Waals surface area contributed by atoms with Gasteiger partial charge in [0.1, 0.15) is 11.5 Å². The topological polar surface area (TPSA) is 72.6 Å². The van der Waals surface area contributed by atoms with Crippen LogP contribution >= 0.6 is 11.8 Å². The number of phenolic OH excluding ortho intramolecular Hbond substituents is 1. The summed E-state index contributed by atoms with van der Waals surface area (Å²) >= 11 is 1.33. The fraction of sp³-hybridized carbons (Fsp3) is 0.143. The van der Waals surface area contributed by atoms with Gasteiger partial charge in [0.2, 0.25) is 0 Å². The first-order chi connectivity index (χ1) is 9.58. The van der Waals surface area contributed by atoms with E-state index in [1.807, 2.05) is 13.0 Å². The SMILES string of the molecule is CCOc1cc(Sc2cccc(O)c2)cc([N+](=O)[O-])c1. The van der Waals surface area contributed by atoms with Crippen LogP contribution in [0, 0.1) is 10.1 Å². The maximum atomic E-state index is 10.9. The number of aromatic hydroxyl groups is 1. The molecule has 0 aliphatic heterocycles. The normalized spacial score (nSPS) is 10.2. The number of nitrogens with zero attached hydrogens (tertiary/aromatic N) is 1. The van der Waals surface area contributed by atoms with Gasteiger partial charge in [-0.1, -0.05) is 17.8 Å². The van der Waals surface area contributed by atoms with Crippen molar-refractivity contribution >= 4 is 17.4 Å². The third-order valence-corrected chi connectivity index (χ3v) is 3.40. The van der Waals surface area contributed by atoms with E-state index < -0.39 is 4.92 Å². The van der Waals surface area contributed by atoms with E-state index in [1.165, 1.54) is 23.9 Å². The Balaban J connectivity index is 2.32. The number of rotatable bonds is 5. The van der Waals surface area contributed by atoms with Crippen molar-refractivity contribution in [3.8, 4) is 11.5 Å². The first kappa shape index (κ1) is 14.2. The second-order valence-corrected chi connectivity index (χ2v) is 5.10. The lowest BCUT2D eigenvalue weighted by Gasteiger charge is -2.07. The summed E-state index contributed by atoms with van der Waals surface area (Å²) in [7, 11) is 0. The van der Waals surface area contributed by atoms with Crippen LogP contribution in [0.4, 0.5) is 5.69 Å². The Morgan fingerprint density at radius 3 is 2.70 bits per heavy atom. The van der Waals surface area contributed by atoms with Crippen molar-refractivity contribution in [1.29, 1.82) is 0 Å². The molecule has 2 aromatic rings. The lowest BCUT2D eigenvalue weighted by atomic mass is 10.3. The summed E-state index contributed by atoms with van der Waals surface area (Å²) in [6.45, 7) is 2.26. The number of hydrogen-bond acceptors (Lipinski definition) is 5. The zero-order valence-corrected chi connectivity index (χ0v) is 11.6. The largest absolute Gasteiger partial charge is 0.508 e. The molecule has 5 nitrogen and oxygen atoms in total. The lowest BCUT2D eigenvalue weighted by Crippen LogP contribution is -1.94. The van der Waals surface area contributed by atoms with E-state index in [9.17, 15) is 15.2 Å². The summed E-state index contributed by atoms with van der Waals surface area (Å²) in [4.78, 5) is 12.0. The highest BCUT2D eigenvalue weighted by atomic mass is 32.2. The first-order valence-electron chi connectivity index (χ1n) is 5.97. The van der Waals surface area contributed by atoms with Gasteiger partial charge in [-0.3, -0.25) is 10.1 Å². The minimum atomic E-state index is -0.449. The fourth-order valence-electron chi connectivity index (χ4n) is 1.65. The van der Waals surface area contributed by atoms with Gasteiger partial charge in [-0.15, -0.1) is 0 Å². The molecule has 0 aliphatic rings. The van der Waals surface area contributed by atoms with E-state index in [2.05, 4.69) is 0 Å². The molecule has 0 radical (unpaired) electrons. The number of nitro groups is 1. The molecule has 20 heavy (non-hydrogen) atoms. The second-order valence-electron chi connectivity index (χ2n) is 3.95. The lowest BCUT2D eigenvalue weighted by molar-refractivity contribution is -0.385. The van der Waals surface area contributed by atoms with Crippen molar-refractivity contribution in [2.75, 3.05) is 6.61 Å². The summed E-state index contributed by atoms with van der Waals surface area (Å²) in [6, 6.07) is 11.3. The quantitative estimate of drug-likeness (QED) is 0.669. The molecule has 0 atom stereocenters. The van der Waals surface area contributed by atoms with Crippen LogP contribution in [0.15, 0.2) is 52.3 Å². The number of ether oxygens (including phenoxy) is 1. The summed E-state index contributed by atoms with van der Waals surface area (Å²) < 4.78 is 5.33. The van der Waals surface area contributed by atoms with Gasteiger partial charge in [-0.25, -0.2) is 0 Å². The van der Waals surface area contributed by atoms with Crippen molar-refractivity contribution in [1.82, 2.24) is 0 Å². The zero-order chi connectivity index (χ0) is 14.5. The number of phenols is 1. The van der Waals surface area contributed by atoms with Crippen LogP contribution in [0.3, 0.4) is 0 Å². The van der Waals surface area contributed by atoms with Crippen LogP contribution in [0.2, 0.25) is 0 Å². The van der Waals surface area contributed by atoms with E-state index in [-0.39, 0.29) is 11.4 Å². The van der Waals surface area contributed by atoms with Crippen molar-refractivity contribution in [3.05, 3.63) is 52.6 Å². The van der Waals surface area contributed by atoms with E-state index in [0.29, 0.717) is 17.3 Å². The smallest absolute Gasteiger partial charge is 0.274 e.